The molecular formula is C21H26N2O4. The van der Waals surface area contributed by atoms with Crippen LogP contribution in [-0.4, -0.2) is 35.0 Å². The molecule has 0 spiro atoms. The van der Waals surface area contributed by atoms with Crippen molar-refractivity contribution < 1.29 is 19.5 Å². The number of hydrogen-bond donors (Lipinski definition) is 3. The number of nitrogens with one attached hydrogen (secondary N) is 2. The third kappa shape index (κ3) is 5.54. The van der Waals surface area contributed by atoms with E-state index in [2.05, 4.69) is 10.6 Å². The summed E-state index contributed by atoms with van der Waals surface area (Å²) < 4.78 is 0. The maximum absolute atomic E-state index is 12.3. The molecular weight excluding hydrogens is 344 g/mol. The summed E-state index contributed by atoms with van der Waals surface area (Å²) in [4.78, 5) is 35.5. The highest BCUT2D eigenvalue weighted by Gasteiger charge is 2.30. The summed E-state index contributed by atoms with van der Waals surface area (Å²) in [6, 6.07) is 13.2. The van der Waals surface area contributed by atoms with E-state index in [0.717, 1.165) is 10.8 Å². The number of aliphatic carboxylic acids is 1. The van der Waals surface area contributed by atoms with Gasteiger partial charge in [0.1, 0.15) is 0 Å². The molecule has 0 aliphatic carbocycles. The molecule has 6 heteroatoms. The lowest BCUT2D eigenvalue weighted by atomic mass is 9.89. The predicted octanol–water partition coefficient (Wildman–Crippen LogP) is 3.11. The minimum absolute atomic E-state index is 0.0979. The van der Waals surface area contributed by atoms with Gasteiger partial charge in [0, 0.05) is 24.1 Å². The summed E-state index contributed by atoms with van der Waals surface area (Å²) in [5, 5.41) is 16.7. The second-order valence-corrected chi connectivity index (χ2v) is 6.67. The van der Waals surface area contributed by atoms with Crippen LogP contribution in [0.1, 0.15) is 49.9 Å². The van der Waals surface area contributed by atoms with Crippen LogP contribution in [-0.2, 0) is 9.59 Å². The first-order valence-electron chi connectivity index (χ1n) is 9.19. The average molecular weight is 370 g/mol. The fourth-order valence-corrected chi connectivity index (χ4v) is 3.09. The van der Waals surface area contributed by atoms with Crippen molar-refractivity contribution in [2.24, 2.45) is 0 Å². The van der Waals surface area contributed by atoms with E-state index >= 15 is 0 Å². The zero-order valence-corrected chi connectivity index (χ0v) is 15.7. The van der Waals surface area contributed by atoms with Crippen molar-refractivity contribution >= 4 is 28.6 Å². The Morgan fingerprint density at radius 2 is 1.67 bits per heavy atom. The van der Waals surface area contributed by atoms with E-state index in [1.807, 2.05) is 50.2 Å². The molecule has 144 valence electrons. The maximum Gasteiger partial charge on any atom is 0.305 e. The SMILES string of the molecule is CCC(CC)(CC(=O)O)NC(=O)CCNC(=O)c1ccc2ccccc2c1. The van der Waals surface area contributed by atoms with Gasteiger partial charge in [-0.2, -0.15) is 0 Å². The monoisotopic (exact) mass is 370 g/mol. The number of amides is 2. The molecule has 0 aliphatic heterocycles. The number of carboxylic acid groups (broad SMARTS) is 1. The highest BCUT2D eigenvalue weighted by molar-refractivity contribution is 5.98. The van der Waals surface area contributed by atoms with Gasteiger partial charge in [-0.15, -0.1) is 0 Å². The van der Waals surface area contributed by atoms with E-state index in [1.54, 1.807) is 6.07 Å². The highest BCUT2D eigenvalue weighted by Crippen LogP contribution is 2.20. The van der Waals surface area contributed by atoms with Gasteiger partial charge in [-0.1, -0.05) is 44.2 Å². The Morgan fingerprint density at radius 1 is 1.00 bits per heavy atom. The molecule has 0 saturated carbocycles. The van der Waals surface area contributed by atoms with Crippen molar-refractivity contribution in [3.05, 3.63) is 48.0 Å². The van der Waals surface area contributed by atoms with Crippen LogP contribution < -0.4 is 10.6 Å². The summed E-state index contributed by atoms with van der Waals surface area (Å²) in [6.45, 7) is 3.90. The molecule has 2 rings (SSSR count). The van der Waals surface area contributed by atoms with Gasteiger partial charge in [-0.25, -0.2) is 0 Å². The van der Waals surface area contributed by atoms with Crippen LogP contribution in [0.2, 0.25) is 0 Å². The van der Waals surface area contributed by atoms with Crippen LogP contribution >= 0.6 is 0 Å². The number of carbonyl (C=O) groups excluding carboxylic acids is 2. The van der Waals surface area contributed by atoms with Gasteiger partial charge in [0.2, 0.25) is 5.91 Å². The lowest BCUT2D eigenvalue weighted by Gasteiger charge is -2.31. The first kappa shape index (κ1) is 20.4. The minimum Gasteiger partial charge on any atom is -0.481 e. The molecule has 6 nitrogen and oxygen atoms in total. The Hall–Kier alpha value is -2.89. The smallest absolute Gasteiger partial charge is 0.305 e. The van der Waals surface area contributed by atoms with E-state index in [4.69, 9.17) is 5.11 Å². The normalized spacial score (nSPS) is 11.2. The lowest BCUT2D eigenvalue weighted by Crippen LogP contribution is -2.49. The molecule has 0 fully saturated rings. The van der Waals surface area contributed by atoms with Crippen molar-refractivity contribution in [2.45, 2.75) is 45.1 Å². The maximum atomic E-state index is 12.3. The van der Waals surface area contributed by atoms with Gasteiger partial charge in [-0.3, -0.25) is 14.4 Å². The Kier molecular flexibility index (Phi) is 6.93. The Morgan fingerprint density at radius 3 is 2.30 bits per heavy atom. The van der Waals surface area contributed by atoms with Crippen molar-refractivity contribution in [3.63, 3.8) is 0 Å². The topological polar surface area (TPSA) is 95.5 Å². The van der Waals surface area contributed by atoms with Crippen LogP contribution in [0.5, 0.6) is 0 Å². The molecule has 0 aromatic heterocycles. The van der Waals surface area contributed by atoms with Crippen molar-refractivity contribution in [3.8, 4) is 0 Å². The van der Waals surface area contributed by atoms with E-state index in [9.17, 15) is 14.4 Å². The van der Waals surface area contributed by atoms with Crippen LogP contribution in [0.4, 0.5) is 0 Å². The molecule has 2 aromatic rings. The van der Waals surface area contributed by atoms with Crippen LogP contribution in [0.15, 0.2) is 42.5 Å². The van der Waals surface area contributed by atoms with Gasteiger partial charge < -0.3 is 15.7 Å². The molecule has 0 unspecified atom stereocenters. The number of benzene rings is 2. The molecule has 0 aliphatic rings. The minimum atomic E-state index is -0.941. The van der Waals surface area contributed by atoms with E-state index in [-0.39, 0.29) is 31.2 Å². The first-order chi connectivity index (χ1) is 12.9. The number of rotatable bonds is 9. The number of carbonyl (C=O) groups is 3. The number of carboxylic acids is 1. The zero-order chi connectivity index (χ0) is 19.9. The Balaban J connectivity index is 1.89. The predicted molar refractivity (Wildman–Crippen MR) is 105 cm³/mol. The third-order valence-electron chi connectivity index (χ3n) is 4.90. The van der Waals surface area contributed by atoms with Crippen LogP contribution in [0.25, 0.3) is 10.8 Å². The van der Waals surface area contributed by atoms with E-state index in [1.165, 1.54) is 0 Å². The van der Waals surface area contributed by atoms with Gasteiger partial charge in [0.15, 0.2) is 0 Å². The molecule has 0 saturated heterocycles. The zero-order valence-electron chi connectivity index (χ0n) is 15.7. The second kappa shape index (κ2) is 9.16. The molecule has 0 radical (unpaired) electrons. The highest BCUT2D eigenvalue weighted by atomic mass is 16.4. The average Bonchev–Trinajstić information content (AvgIpc) is 2.66. The van der Waals surface area contributed by atoms with Crippen molar-refractivity contribution in [1.29, 1.82) is 0 Å². The molecule has 2 amide bonds. The van der Waals surface area contributed by atoms with Gasteiger partial charge in [0.25, 0.3) is 5.91 Å². The van der Waals surface area contributed by atoms with Crippen molar-refractivity contribution in [2.75, 3.05) is 6.54 Å². The third-order valence-corrected chi connectivity index (χ3v) is 4.90. The number of hydrogen-bond acceptors (Lipinski definition) is 3. The molecule has 27 heavy (non-hydrogen) atoms. The lowest BCUT2D eigenvalue weighted by molar-refractivity contribution is -0.139. The molecule has 3 N–H and O–H groups in total. The van der Waals surface area contributed by atoms with E-state index in [0.29, 0.717) is 18.4 Å². The standard InChI is InChI=1S/C21H26N2O4/c1-3-21(4-2,14-19(25)26)23-18(24)11-12-22-20(27)17-10-9-15-7-5-6-8-16(15)13-17/h5-10,13H,3-4,11-12,14H2,1-2H3,(H,22,27)(H,23,24)(H,25,26). The van der Waals surface area contributed by atoms with Crippen LogP contribution in [0, 0.1) is 0 Å². The molecule has 0 atom stereocenters. The first-order valence-corrected chi connectivity index (χ1v) is 9.19. The van der Waals surface area contributed by atoms with Gasteiger partial charge in [-0.05, 0) is 35.7 Å². The van der Waals surface area contributed by atoms with Gasteiger partial charge >= 0.3 is 5.97 Å². The summed E-state index contributed by atoms with van der Waals surface area (Å²) >= 11 is 0. The van der Waals surface area contributed by atoms with Gasteiger partial charge in [0.05, 0.1) is 6.42 Å². The molecule has 2 aromatic carbocycles. The van der Waals surface area contributed by atoms with Crippen LogP contribution in [0.3, 0.4) is 0 Å². The summed E-state index contributed by atoms with van der Waals surface area (Å²) in [7, 11) is 0. The Bertz CT molecular complexity index is 828. The molecule has 0 bridgehead atoms. The quantitative estimate of drug-likeness (QED) is 0.632. The fourth-order valence-electron chi connectivity index (χ4n) is 3.09. The Labute approximate surface area is 159 Å². The second-order valence-electron chi connectivity index (χ2n) is 6.67. The summed E-state index contributed by atoms with van der Waals surface area (Å²) in [5.74, 6) is -1.45. The molecule has 0 heterocycles. The van der Waals surface area contributed by atoms with Crippen molar-refractivity contribution in [1.82, 2.24) is 10.6 Å². The summed E-state index contributed by atoms with van der Waals surface area (Å²) in [5.41, 5.74) is -0.206. The largest absolute Gasteiger partial charge is 0.481 e. The van der Waals surface area contributed by atoms with E-state index < -0.39 is 11.5 Å². The summed E-state index contributed by atoms with van der Waals surface area (Å²) in [6.07, 6.45) is 1.05. The fraction of sp³-hybridized carbons (Fsp3) is 0.381. The number of fused-ring (bicyclic) bond motifs is 1.